The minimum atomic E-state index is -1.12. The molecule has 1 unspecified atom stereocenters. The van der Waals surface area contributed by atoms with Crippen molar-refractivity contribution in [3.05, 3.63) is 23.8 Å². The molecule has 0 spiro atoms. The number of fused-ring (bicyclic) bond motifs is 1. The zero-order valence-electron chi connectivity index (χ0n) is 17.0. The van der Waals surface area contributed by atoms with Crippen molar-refractivity contribution in [3.63, 3.8) is 0 Å². The van der Waals surface area contributed by atoms with Crippen molar-refractivity contribution in [1.82, 2.24) is 10.2 Å². The van der Waals surface area contributed by atoms with E-state index >= 15 is 0 Å². The number of rotatable bonds is 7. The average molecular weight is 403 g/mol. The summed E-state index contributed by atoms with van der Waals surface area (Å²) in [6.45, 7) is 4.06. The number of nitrogens with zero attached hydrogens (tertiary/aromatic N) is 2. The lowest BCUT2D eigenvalue weighted by Gasteiger charge is -2.26. The van der Waals surface area contributed by atoms with Crippen LogP contribution in [-0.2, 0) is 9.59 Å². The number of hydrogen-bond acceptors (Lipinski definition) is 5. The van der Waals surface area contributed by atoms with Crippen LogP contribution in [0, 0.1) is 5.92 Å². The molecule has 2 heterocycles. The first-order chi connectivity index (χ1) is 13.9. The van der Waals surface area contributed by atoms with Crippen LogP contribution in [0.1, 0.15) is 43.0 Å². The van der Waals surface area contributed by atoms with Crippen LogP contribution in [0.15, 0.2) is 18.2 Å². The van der Waals surface area contributed by atoms with Crippen LogP contribution >= 0.6 is 0 Å². The third kappa shape index (κ3) is 4.70. The van der Waals surface area contributed by atoms with Crippen LogP contribution in [0.3, 0.4) is 0 Å². The number of benzene rings is 1. The zero-order valence-corrected chi connectivity index (χ0v) is 17.0. The molecule has 2 aliphatic heterocycles. The maximum absolute atomic E-state index is 13.1. The topological polar surface area (TPSA) is 99.2 Å². The van der Waals surface area contributed by atoms with Gasteiger partial charge in [-0.1, -0.05) is 6.92 Å². The molecule has 1 aromatic carbocycles. The molecule has 0 aromatic heterocycles. The Morgan fingerprint density at radius 3 is 2.69 bits per heavy atom. The molecule has 0 bridgehead atoms. The van der Waals surface area contributed by atoms with Crippen molar-refractivity contribution < 1.29 is 24.2 Å². The van der Waals surface area contributed by atoms with E-state index in [2.05, 4.69) is 5.32 Å². The molecule has 3 rings (SSSR count). The van der Waals surface area contributed by atoms with Crippen molar-refractivity contribution in [3.8, 4) is 5.75 Å². The van der Waals surface area contributed by atoms with E-state index in [9.17, 15) is 19.5 Å². The number of carboxylic acids is 1. The first-order valence-electron chi connectivity index (χ1n) is 10.2. The van der Waals surface area contributed by atoms with E-state index in [1.165, 1.54) is 4.90 Å². The van der Waals surface area contributed by atoms with Gasteiger partial charge in [-0.25, -0.2) is 4.79 Å². The Labute approximate surface area is 170 Å². The van der Waals surface area contributed by atoms with E-state index in [1.54, 1.807) is 32.2 Å². The Morgan fingerprint density at radius 2 is 2.03 bits per heavy atom. The van der Waals surface area contributed by atoms with E-state index in [4.69, 9.17) is 4.74 Å². The van der Waals surface area contributed by atoms with Gasteiger partial charge in [-0.05, 0) is 62.9 Å². The molecule has 1 aromatic rings. The highest BCUT2D eigenvalue weighted by molar-refractivity contribution is 6.10. The van der Waals surface area contributed by atoms with Crippen molar-refractivity contribution in [2.45, 2.75) is 38.6 Å². The summed E-state index contributed by atoms with van der Waals surface area (Å²) in [6.07, 6.45) is 3.46. The Morgan fingerprint density at radius 1 is 1.31 bits per heavy atom. The summed E-state index contributed by atoms with van der Waals surface area (Å²) in [5.41, 5.74) is 0.755. The number of likely N-dealkylation sites (N-methyl/N-ethyl adjacent to an activating group) is 1. The molecular formula is C21H29N3O5. The molecule has 0 radical (unpaired) electrons. The normalized spacial score (nSPS) is 19.0. The van der Waals surface area contributed by atoms with Gasteiger partial charge in [0.05, 0.1) is 17.9 Å². The van der Waals surface area contributed by atoms with Gasteiger partial charge in [-0.15, -0.1) is 0 Å². The fraction of sp³-hybridized carbons (Fsp3) is 0.571. The van der Waals surface area contributed by atoms with Crippen molar-refractivity contribution >= 4 is 23.5 Å². The molecule has 0 aliphatic carbocycles. The number of amides is 2. The van der Waals surface area contributed by atoms with Gasteiger partial charge in [-0.2, -0.15) is 0 Å². The Hall–Kier alpha value is -2.61. The number of piperidine rings is 1. The second-order valence-electron chi connectivity index (χ2n) is 7.66. The van der Waals surface area contributed by atoms with Crippen molar-refractivity contribution in [1.29, 1.82) is 0 Å². The molecule has 1 saturated heterocycles. The van der Waals surface area contributed by atoms with Crippen LogP contribution in [0.5, 0.6) is 5.75 Å². The molecule has 29 heavy (non-hydrogen) atoms. The van der Waals surface area contributed by atoms with Gasteiger partial charge in [0, 0.05) is 7.05 Å². The monoisotopic (exact) mass is 403 g/mol. The quantitative estimate of drug-likeness (QED) is 0.719. The van der Waals surface area contributed by atoms with E-state index in [0.717, 1.165) is 37.3 Å². The molecule has 8 heteroatoms. The number of carboxylic acid groups (broad SMARTS) is 1. The Kier molecular flexibility index (Phi) is 6.74. The second kappa shape index (κ2) is 9.26. The van der Waals surface area contributed by atoms with E-state index in [-0.39, 0.29) is 24.4 Å². The number of carbonyl (C=O) groups excluding carboxylic acids is 2. The number of anilines is 1. The van der Waals surface area contributed by atoms with Gasteiger partial charge in [0.15, 0.2) is 0 Å². The Balaban J connectivity index is 1.79. The van der Waals surface area contributed by atoms with Crippen molar-refractivity contribution in [2.24, 2.45) is 5.92 Å². The first-order valence-corrected chi connectivity index (χ1v) is 10.2. The number of hydrogen-bond donors (Lipinski definition) is 2. The van der Waals surface area contributed by atoms with Crippen LogP contribution in [0.25, 0.3) is 0 Å². The fourth-order valence-electron chi connectivity index (χ4n) is 3.98. The van der Waals surface area contributed by atoms with Gasteiger partial charge in [0.1, 0.15) is 18.3 Å². The summed E-state index contributed by atoms with van der Waals surface area (Å²) in [7, 11) is 1.59. The van der Waals surface area contributed by atoms with Crippen LogP contribution < -0.4 is 15.0 Å². The highest BCUT2D eigenvalue weighted by Gasteiger charge is 2.36. The number of carbonyl (C=O) groups is 3. The van der Waals surface area contributed by atoms with Crippen molar-refractivity contribution in [2.75, 3.05) is 38.2 Å². The third-order valence-corrected chi connectivity index (χ3v) is 5.80. The van der Waals surface area contributed by atoms with Gasteiger partial charge in [-0.3, -0.25) is 9.59 Å². The maximum atomic E-state index is 13.1. The second-order valence-corrected chi connectivity index (χ2v) is 7.66. The van der Waals surface area contributed by atoms with Gasteiger partial charge < -0.3 is 25.0 Å². The Bertz CT molecular complexity index is 776. The molecule has 1 atom stereocenters. The smallest absolute Gasteiger partial charge is 0.326 e. The zero-order chi connectivity index (χ0) is 21.0. The van der Waals surface area contributed by atoms with Gasteiger partial charge in [0.25, 0.3) is 5.91 Å². The summed E-state index contributed by atoms with van der Waals surface area (Å²) < 4.78 is 5.88. The molecule has 0 saturated carbocycles. The maximum Gasteiger partial charge on any atom is 0.326 e. The minimum absolute atomic E-state index is 0.222. The van der Waals surface area contributed by atoms with E-state index in [1.807, 2.05) is 0 Å². The summed E-state index contributed by atoms with van der Waals surface area (Å²) in [5, 5.41) is 12.8. The molecule has 158 valence electrons. The number of ether oxygens (including phenoxy) is 1. The standard InChI is InChI=1S/C21H29N3O5/c1-3-17(21(27)28)24-13-19(25)23(2)18-5-4-15(12-16(18)20(24)26)29-11-8-14-6-9-22-10-7-14/h4-5,12,14,17,22H,3,6-11,13H2,1-2H3,(H,27,28). The summed E-state index contributed by atoms with van der Waals surface area (Å²) in [6, 6.07) is 4.02. The lowest BCUT2D eigenvalue weighted by Crippen LogP contribution is -2.47. The van der Waals surface area contributed by atoms with Gasteiger partial charge in [0.2, 0.25) is 5.91 Å². The molecular weight excluding hydrogens is 374 g/mol. The van der Waals surface area contributed by atoms with Crippen LogP contribution in [0.4, 0.5) is 5.69 Å². The summed E-state index contributed by atoms with van der Waals surface area (Å²) >= 11 is 0. The van der Waals surface area contributed by atoms with E-state index in [0.29, 0.717) is 24.0 Å². The highest BCUT2D eigenvalue weighted by atomic mass is 16.5. The molecule has 1 fully saturated rings. The SMILES string of the molecule is CCC(C(=O)O)N1CC(=O)N(C)c2ccc(OCCC3CCNCC3)cc2C1=O. The number of aliphatic carboxylic acids is 1. The van der Waals surface area contributed by atoms with Crippen LogP contribution in [0.2, 0.25) is 0 Å². The number of nitrogens with one attached hydrogen (secondary N) is 1. The van der Waals surface area contributed by atoms with Crippen LogP contribution in [-0.4, -0.2) is 67.1 Å². The first kappa shape index (κ1) is 21.1. The summed E-state index contributed by atoms with van der Waals surface area (Å²) in [5.74, 6) is -0.711. The summed E-state index contributed by atoms with van der Waals surface area (Å²) in [4.78, 5) is 39.8. The fourth-order valence-corrected chi connectivity index (χ4v) is 3.98. The highest BCUT2D eigenvalue weighted by Crippen LogP contribution is 2.30. The lowest BCUT2D eigenvalue weighted by molar-refractivity contribution is -0.142. The molecule has 2 N–H and O–H groups in total. The lowest BCUT2D eigenvalue weighted by atomic mass is 9.95. The van der Waals surface area contributed by atoms with Gasteiger partial charge >= 0.3 is 5.97 Å². The minimum Gasteiger partial charge on any atom is -0.494 e. The predicted octanol–water partition coefficient (Wildman–Crippen LogP) is 1.74. The predicted molar refractivity (Wildman–Crippen MR) is 108 cm³/mol. The molecule has 2 amide bonds. The molecule has 2 aliphatic rings. The molecule has 8 nitrogen and oxygen atoms in total. The third-order valence-electron chi connectivity index (χ3n) is 5.80. The largest absolute Gasteiger partial charge is 0.494 e. The van der Waals surface area contributed by atoms with E-state index < -0.39 is 17.9 Å². The average Bonchev–Trinajstić information content (AvgIpc) is 2.80.